The van der Waals surface area contributed by atoms with Crippen LogP contribution in [0.15, 0.2) is 71.1 Å². The van der Waals surface area contributed by atoms with Crippen molar-refractivity contribution in [2.45, 2.75) is 10.1 Å². The van der Waals surface area contributed by atoms with Crippen molar-refractivity contribution < 1.29 is 13.2 Å². The second-order valence-corrected chi connectivity index (χ2v) is 9.28. The van der Waals surface area contributed by atoms with Crippen LogP contribution in [-0.4, -0.2) is 50.9 Å². The first-order chi connectivity index (χ1) is 14.4. The minimum absolute atomic E-state index is 0.128. The fourth-order valence-corrected chi connectivity index (χ4v) is 3.93. The van der Waals surface area contributed by atoms with Gasteiger partial charge >= 0.3 is 0 Å². The molecule has 1 N–H and O–H groups in total. The van der Waals surface area contributed by atoms with E-state index in [-0.39, 0.29) is 22.5 Å². The van der Waals surface area contributed by atoms with Crippen LogP contribution in [0.3, 0.4) is 0 Å². The van der Waals surface area contributed by atoms with Gasteiger partial charge < -0.3 is 0 Å². The Bertz CT molecular complexity index is 1320. The Kier molecular flexibility index (Phi) is 5.46. The van der Waals surface area contributed by atoms with Gasteiger partial charge in [0.05, 0.1) is 10.6 Å². The van der Waals surface area contributed by atoms with Crippen LogP contribution >= 0.6 is 11.8 Å². The lowest BCUT2D eigenvalue weighted by Crippen LogP contribution is -2.15. The highest BCUT2D eigenvalue weighted by Crippen LogP contribution is 2.23. The average Bonchev–Trinajstić information content (AvgIpc) is 3.14. The Morgan fingerprint density at radius 2 is 1.90 bits per heavy atom. The van der Waals surface area contributed by atoms with Crippen molar-refractivity contribution in [2.75, 3.05) is 17.3 Å². The summed E-state index contributed by atoms with van der Waals surface area (Å²) in [7, 11) is -3.30. The maximum absolute atomic E-state index is 12.1. The van der Waals surface area contributed by atoms with E-state index in [9.17, 15) is 13.2 Å². The van der Waals surface area contributed by atoms with E-state index in [4.69, 9.17) is 0 Å². The molecule has 3 heterocycles. The minimum Gasteiger partial charge on any atom is -0.292 e. The van der Waals surface area contributed by atoms with Crippen LogP contribution in [0.25, 0.3) is 16.8 Å². The number of pyridine rings is 1. The molecule has 0 aliphatic carbocycles. The number of rotatable bonds is 6. The quantitative estimate of drug-likeness (QED) is 0.358. The largest absolute Gasteiger partial charge is 0.292 e. The third-order valence-electron chi connectivity index (χ3n) is 4.05. The number of benzene rings is 1. The van der Waals surface area contributed by atoms with Crippen molar-refractivity contribution in [3.8, 4) is 11.1 Å². The second kappa shape index (κ2) is 8.20. The van der Waals surface area contributed by atoms with Crippen LogP contribution in [0, 0.1) is 0 Å². The monoisotopic (exact) mass is 440 g/mol. The summed E-state index contributed by atoms with van der Waals surface area (Å²) in [6, 6.07) is 11.9. The first kappa shape index (κ1) is 20.0. The van der Waals surface area contributed by atoms with E-state index in [1.165, 1.54) is 22.5 Å². The Morgan fingerprint density at radius 3 is 2.67 bits per heavy atom. The summed E-state index contributed by atoms with van der Waals surface area (Å²) in [5.74, 6) is 0.0318. The number of hydrogen-bond donors (Lipinski definition) is 1. The van der Waals surface area contributed by atoms with E-state index in [2.05, 4.69) is 25.4 Å². The topological polar surface area (TPSA) is 119 Å². The van der Waals surface area contributed by atoms with E-state index < -0.39 is 9.84 Å². The van der Waals surface area contributed by atoms with Crippen LogP contribution in [0.5, 0.6) is 0 Å². The van der Waals surface area contributed by atoms with Crippen molar-refractivity contribution >= 4 is 39.1 Å². The number of carbonyl (C=O) groups is 1. The molecule has 30 heavy (non-hydrogen) atoms. The van der Waals surface area contributed by atoms with Gasteiger partial charge in [-0.05, 0) is 35.9 Å². The summed E-state index contributed by atoms with van der Waals surface area (Å²) < 4.78 is 25.1. The van der Waals surface area contributed by atoms with Gasteiger partial charge in [-0.2, -0.15) is 4.98 Å². The highest BCUT2D eigenvalue weighted by molar-refractivity contribution is 7.99. The molecule has 152 valence electrons. The number of sulfone groups is 1. The summed E-state index contributed by atoms with van der Waals surface area (Å²) in [5, 5.41) is 7.44. The molecule has 0 spiro atoms. The molecule has 0 radical (unpaired) electrons. The molecule has 11 heteroatoms. The van der Waals surface area contributed by atoms with Crippen molar-refractivity contribution in [2.24, 2.45) is 0 Å². The molecule has 0 bridgehead atoms. The van der Waals surface area contributed by atoms with Crippen LogP contribution in [0.4, 0.5) is 5.95 Å². The highest BCUT2D eigenvalue weighted by Gasteiger charge is 2.12. The second-order valence-electron chi connectivity index (χ2n) is 6.32. The summed E-state index contributed by atoms with van der Waals surface area (Å²) in [6.45, 7) is 0. The molecule has 0 aliphatic heterocycles. The molecule has 3 aromatic heterocycles. The van der Waals surface area contributed by atoms with Crippen molar-refractivity contribution in [1.82, 2.24) is 24.6 Å². The van der Waals surface area contributed by atoms with E-state index in [1.807, 2.05) is 12.1 Å². The molecule has 9 nitrogen and oxygen atoms in total. The zero-order valence-electron chi connectivity index (χ0n) is 15.8. The molecule has 0 fully saturated rings. The standard InChI is InChI=1S/C19H16N6O3S2/c1-30(27,28)15-5-2-4-13(10-15)14-6-7-16-22-18(24-25(16)11-14)23-17(26)12-29-19-20-8-3-9-21-19/h2-11H,12H2,1H3,(H,23,24,26). The van der Waals surface area contributed by atoms with Gasteiger partial charge in [-0.3, -0.25) is 10.1 Å². The van der Waals surface area contributed by atoms with Gasteiger partial charge in [0.25, 0.3) is 0 Å². The molecule has 4 rings (SSSR count). The van der Waals surface area contributed by atoms with E-state index in [0.29, 0.717) is 10.8 Å². The third-order valence-corrected chi connectivity index (χ3v) is 6.04. The summed E-state index contributed by atoms with van der Waals surface area (Å²) in [5.41, 5.74) is 2.06. The first-order valence-electron chi connectivity index (χ1n) is 8.75. The van der Waals surface area contributed by atoms with Gasteiger partial charge in [0.2, 0.25) is 11.9 Å². The lowest BCUT2D eigenvalue weighted by Gasteiger charge is -2.04. The Morgan fingerprint density at radius 1 is 1.10 bits per heavy atom. The molecule has 0 saturated heterocycles. The van der Waals surface area contributed by atoms with E-state index >= 15 is 0 Å². The Hall–Kier alpha value is -3.31. The molecule has 1 amide bonds. The fourth-order valence-electron chi connectivity index (χ4n) is 2.66. The van der Waals surface area contributed by atoms with Crippen molar-refractivity contribution in [3.05, 3.63) is 61.1 Å². The number of thioether (sulfide) groups is 1. The van der Waals surface area contributed by atoms with Crippen molar-refractivity contribution in [1.29, 1.82) is 0 Å². The summed E-state index contributed by atoms with van der Waals surface area (Å²) >= 11 is 1.21. The predicted molar refractivity (Wildman–Crippen MR) is 113 cm³/mol. The lowest BCUT2D eigenvalue weighted by molar-refractivity contribution is -0.113. The first-order valence-corrected chi connectivity index (χ1v) is 11.6. The van der Waals surface area contributed by atoms with Crippen LogP contribution < -0.4 is 5.32 Å². The molecule has 0 aliphatic rings. The minimum atomic E-state index is -3.30. The maximum atomic E-state index is 12.1. The SMILES string of the molecule is CS(=O)(=O)c1cccc(-c2ccc3nc(NC(=O)CSc4ncccn4)nn3c2)c1. The Balaban J connectivity index is 1.51. The number of hydrogen-bond acceptors (Lipinski definition) is 8. The molecule has 4 aromatic rings. The van der Waals surface area contributed by atoms with Crippen LogP contribution in [0.1, 0.15) is 0 Å². The normalized spacial score (nSPS) is 11.5. The van der Waals surface area contributed by atoms with Crippen LogP contribution in [-0.2, 0) is 14.6 Å². The van der Waals surface area contributed by atoms with Gasteiger partial charge in [0.1, 0.15) is 0 Å². The number of nitrogens with one attached hydrogen (secondary N) is 1. The zero-order valence-corrected chi connectivity index (χ0v) is 17.4. The predicted octanol–water partition coefficient (Wildman–Crippen LogP) is 2.32. The number of anilines is 1. The molecule has 1 aromatic carbocycles. The van der Waals surface area contributed by atoms with Gasteiger partial charge in [-0.15, -0.1) is 5.10 Å². The molecular weight excluding hydrogens is 424 g/mol. The van der Waals surface area contributed by atoms with Gasteiger partial charge in [0, 0.05) is 30.4 Å². The number of fused-ring (bicyclic) bond motifs is 1. The maximum Gasteiger partial charge on any atom is 0.249 e. The molecule has 0 saturated carbocycles. The fraction of sp³-hybridized carbons (Fsp3) is 0.105. The molecule has 0 unspecified atom stereocenters. The molecule has 0 atom stereocenters. The average molecular weight is 441 g/mol. The van der Waals surface area contributed by atoms with E-state index in [0.717, 1.165) is 11.1 Å². The molecular formula is C19H16N6O3S2. The van der Waals surface area contributed by atoms with Crippen molar-refractivity contribution in [3.63, 3.8) is 0 Å². The van der Waals surface area contributed by atoms with Crippen LogP contribution in [0.2, 0.25) is 0 Å². The van der Waals surface area contributed by atoms with Gasteiger partial charge in [-0.25, -0.2) is 22.9 Å². The number of aromatic nitrogens is 5. The van der Waals surface area contributed by atoms with Gasteiger partial charge in [0.15, 0.2) is 20.6 Å². The summed E-state index contributed by atoms with van der Waals surface area (Å²) in [6.07, 6.45) is 6.12. The number of amides is 1. The lowest BCUT2D eigenvalue weighted by atomic mass is 10.1. The summed E-state index contributed by atoms with van der Waals surface area (Å²) in [4.78, 5) is 24.8. The zero-order chi connectivity index (χ0) is 21.1. The number of nitrogens with zero attached hydrogens (tertiary/aromatic N) is 5. The third kappa shape index (κ3) is 4.63. The highest BCUT2D eigenvalue weighted by atomic mass is 32.2. The van der Waals surface area contributed by atoms with Gasteiger partial charge in [-0.1, -0.05) is 23.9 Å². The number of carbonyl (C=O) groups excluding carboxylic acids is 1. The Labute approximate surface area is 176 Å². The van der Waals surface area contributed by atoms with E-state index in [1.54, 1.807) is 48.9 Å². The smallest absolute Gasteiger partial charge is 0.249 e.